The van der Waals surface area contributed by atoms with Crippen LogP contribution in [0.2, 0.25) is 0 Å². The van der Waals surface area contributed by atoms with E-state index in [0.717, 1.165) is 41.0 Å². The normalized spacial score (nSPS) is 10.8. The van der Waals surface area contributed by atoms with Crippen molar-refractivity contribution in [3.63, 3.8) is 0 Å². The SMILES string of the molecule is CCCCOC(=O)c1cccc(Nc2ncnc3sc(CC)cc23)c1. The van der Waals surface area contributed by atoms with Crippen molar-refractivity contribution in [3.05, 3.63) is 47.1 Å². The number of esters is 1. The number of thiophene rings is 1. The molecule has 25 heavy (non-hydrogen) atoms. The number of nitrogens with one attached hydrogen (secondary N) is 1. The van der Waals surface area contributed by atoms with Crippen molar-refractivity contribution in [1.82, 2.24) is 9.97 Å². The lowest BCUT2D eigenvalue weighted by Crippen LogP contribution is -2.06. The molecule has 0 aliphatic carbocycles. The quantitative estimate of drug-likeness (QED) is 0.480. The molecule has 0 spiro atoms. The van der Waals surface area contributed by atoms with Crippen LogP contribution in [0.25, 0.3) is 10.2 Å². The fraction of sp³-hybridized carbons (Fsp3) is 0.316. The summed E-state index contributed by atoms with van der Waals surface area (Å²) in [6.07, 6.45) is 4.41. The van der Waals surface area contributed by atoms with Crippen LogP contribution in [0.15, 0.2) is 36.7 Å². The molecule has 0 saturated carbocycles. The molecule has 6 heteroatoms. The smallest absolute Gasteiger partial charge is 0.338 e. The molecule has 1 N–H and O–H groups in total. The van der Waals surface area contributed by atoms with E-state index in [4.69, 9.17) is 4.74 Å². The first kappa shape index (κ1) is 17.4. The molecule has 0 amide bonds. The van der Waals surface area contributed by atoms with Crippen molar-refractivity contribution in [2.75, 3.05) is 11.9 Å². The van der Waals surface area contributed by atoms with Crippen LogP contribution in [0.3, 0.4) is 0 Å². The van der Waals surface area contributed by atoms with Crippen molar-refractivity contribution >= 4 is 39.0 Å². The number of unbranched alkanes of at least 4 members (excludes halogenated alkanes) is 1. The first-order chi connectivity index (χ1) is 12.2. The van der Waals surface area contributed by atoms with Crippen LogP contribution in [0.1, 0.15) is 41.9 Å². The minimum atomic E-state index is -0.297. The monoisotopic (exact) mass is 355 g/mol. The highest BCUT2D eigenvalue weighted by Gasteiger charge is 2.11. The Morgan fingerprint density at radius 3 is 2.92 bits per heavy atom. The number of hydrogen-bond donors (Lipinski definition) is 1. The maximum Gasteiger partial charge on any atom is 0.338 e. The van der Waals surface area contributed by atoms with Gasteiger partial charge in [0.25, 0.3) is 0 Å². The number of benzene rings is 1. The van der Waals surface area contributed by atoms with Crippen molar-refractivity contribution in [1.29, 1.82) is 0 Å². The van der Waals surface area contributed by atoms with Crippen LogP contribution in [-0.4, -0.2) is 22.5 Å². The molecule has 3 rings (SSSR count). The highest BCUT2D eigenvalue weighted by atomic mass is 32.1. The van der Waals surface area contributed by atoms with Crippen molar-refractivity contribution in [2.45, 2.75) is 33.1 Å². The Bertz CT molecular complexity index is 876. The highest BCUT2D eigenvalue weighted by Crippen LogP contribution is 2.30. The van der Waals surface area contributed by atoms with E-state index in [0.29, 0.717) is 12.2 Å². The minimum absolute atomic E-state index is 0.297. The number of carbonyl (C=O) groups is 1. The topological polar surface area (TPSA) is 64.1 Å². The predicted molar refractivity (Wildman–Crippen MR) is 102 cm³/mol. The number of hydrogen-bond acceptors (Lipinski definition) is 6. The van der Waals surface area contributed by atoms with E-state index in [1.54, 1.807) is 29.8 Å². The van der Waals surface area contributed by atoms with Gasteiger partial charge in [-0.1, -0.05) is 26.3 Å². The van der Waals surface area contributed by atoms with Gasteiger partial charge in [-0.05, 0) is 37.1 Å². The number of anilines is 2. The summed E-state index contributed by atoms with van der Waals surface area (Å²) in [6.45, 7) is 4.64. The molecular formula is C19H21N3O2S. The van der Waals surface area contributed by atoms with Crippen LogP contribution in [0.5, 0.6) is 0 Å². The second-order valence-electron chi connectivity index (χ2n) is 5.70. The Labute approximate surface area is 151 Å². The van der Waals surface area contributed by atoms with Gasteiger partial charge in [0, 0.05) is 10.6 Å². The zero-order chi connectivity index (χ0) is 17.6. The number of aromatic nitrogens is 2. The third kappa shape index (κ3) is 4.14. The predicted octanol–water partition coefficient (Wildman–Crippen LogP) is 4.95. The molecular weight excluding hydrogens is 334 g/mol. The van der Waals surface area contributed by atoms with Gasteiger partial charge in [0.2, 0.25) is 0 Å². The summed E-state index contributed by atoms with van der Waals surface area (Å²) in [7, 11) is 0. The molecule has 0 aliphatic rings. The van der Waals surface area contributed by atoms with Crippen molar-refractivity contribution < 1.29 is 9.53 Å². The molecule has 2 aromatic heterocycles. The molecule has 130 valence electrons. The average Bonchev–Trinajstić information content (AvgIpc) is 3.06. The number of carbonyl (C=O) groups excluding carboxylic acids is 1. The van der Waals surface area contributed by atoms with Gasteiger partial charge in [-0.15, -0.1) is 11.3 Å². The molecule has 5 nitrogen and oxygen atoms in total. The molecule has 0 bridgehead atoms. The van der Waals surface area contributed by atoms with Crippen LogP contribution in [-0.2, 0) is 11.2 Å². The Hall–Kier alpha value is -2.47. The van der Waals surface area contributed by atoms with Gasteiger partial charge < -0.3 is 10.1 Å². The zero-order valence-corrected chi connectivity index (χ0v) is 15.2. The van der Waals surface area contributed by atoms with Crippen LogP contribution in [0, 0.1) is 0 Å². The van der Waals surface area contributed by atoms with Gasteiger partial charge in [0.05, 0.1) is 17.6 Å². The first-order valence-electron chi connectivity index (χ1n) is 8.49. The Kier molecular flexibility index (Phi) is 5.60. The minimum Gasteiger partial charge on any atom is -0.462 e. The van der Waals surface area contributed by atoms with Gasteiger partial charge in [-0.25, -0.2) is 14.8 Å². The van der Waals surface area contributed by atoms with Gasteiger partial charge in [-0.2, -0.15) is 0 Å². The van der Waals surface area contributed by atoms with E-state index in [1.807, 2.05) is 12.1 Å². The zero-order valence-electron chi connectivity index (χ0n) is 14.4. The van der Waals surface area contributed by atoms with Crippen molar-refractivity contribution in [2.24, 2.45) is 0 Å². The largest absolute Gasteiger partial charge is 0.462 e. The molecule has 0 saturated heterocycles. The third-order valence-electron chi connectivity index (χ3n) is 3.82. The number of aryl methyl sites for hydroxylation is 1. The third-order valence-corrected chi connectivity index (χ3v) is 5.01. The van der Waals surface area contributed by atoms with Crippen LogP contribution in [0.4, 0.5) is 11.5 Å². The fourth-order valence-corrected chi connectivity index (χ4v) is 3.37. The summed E-state index contributed by atoms with van der Waals surface area (Å²) in [5.41, 5.74) is 1.33. The summed E-state index contributed by atoms with van der Waals surface area (Å²) < 4.78 is 5.27. The van der Waals surface area contributed by atoms with E-state index < -0.39 is 0 Å². The maximum atomic E-state index is 12.1. The fourth-order valence-electron chi connectivity index (χ4n) is 2.43. The molecule has 1 aromatic carbocycles. The van der Waals surface area contributed by atoms with E-state index in [2.05, 4.69) is 35.2 Å². The van der Waals surface area contributed by atoms with E-state index in [1.165, 1.54) is 4.88 Å². The lowest BCUT2D eigenvalue weighted by atomic mass is 10.2. The molecule has 0 unspecified atom stereocenters. The van der Waals surface area contributed by atoms with Gasteiger partial charge in [-0.3, -0.25) is 0 Å². The molecule has 2 heterocycles. The second-order valence-corrected chi connectivity index (χ2v) is 6.82. The first-order valence-corrected chi connectivity index (χ1v) is 9.30. The van der Waals surface area contributed by atoms with Crippen LogP contribution < -0.4 is 5.32 Å². The summed E-state index contributed by atoms with van der Waals surface area (Å²) in [6, 6.07) is 9.40. The van der Waals surface area contributed by atoms with E-state index in [9.17, 15) is 4.79 Å². The molecule has 3 aromatic rings. The van der Waals surface area contributed by atoms with Gasteiger partial charge in [0.1, 0.15) is 17.0 Å². The number of rotatable bonds is 7. The molecule has 0 atom stereocenters. The Balaban J connectivity index is 1.80. The average molecular weight is 355 g/mol. The second kappa shape index (κ2) is 8.07. The Morgan fingerprint density at radius 1 is 1.24 bits per heavy atom. The summed E-state index contributed by atoms with van der Waals surface area (Å²) in [5.74, 6) is 0.450. The lowest BCUT2D eigenvalue weighted by molar-refractivity contribution is 0.0500. The number of fused-ring (bicyclic) bond motifs is 1. The number of nitrogens with zero attached hydrogens (tertiary/aromatic N) is 2. The maximum absolute atomic E-state index is 12.1. The molecule has 0 aliphatic heterocycles. The number of ether oxygens (including phenoxy) is 1. The summed E-state index contributed by atoms with van der Waals surface area (Å²) >= 11 is 1.68. The van der Waals surface area contributed by atoms with E-state index >= 15 is 0 Å². The highest BCUT2D eigenvalue weighted by molar-refractivity contribution is 7.18. The van der Waals surface area contributed by atoms with Gasteiger partial charge in [0.15, 0.2) is 0 Å². The summed E-state index contributed by atoms with van der Waals surface area (Å²) in [5, 5.41) is 4.29. The standard InChI is InChI=1S/C19H21N3O2S/c1-3-5-9-24-19(23)13-7-6-8-14(10-13)22-17-16-11-15(4-2)25-18(16)21-12-20-17/h6-8,10-12H,3-5,9H2,1-2H3,(H,20,21,22). The van der Waals surface area contributed by atoms with Crippen LogP contribution >= 0.6 is 11.3 Å². The molecule has 0 fully saturated rings. The lowest BCUT2D eigenvalue weighted by Gasteiger charge is -2.08. The van der Waals surface area contributed by atoms with Gasteiger partial charge >= 0.3 is 5.97 Å². The summed E-state index contributed by atoms with van der Waals surface area (Å²) in [4.78, 5) is 23.0. The van der Waals surface area contributed by atoms with Crippen molar-refractivity contribution in [3.8, 4) is 0 Å². The Morgan fingerprint density at radius 2 is 2.12 bits per heavy atom. The molecule has 0 radical (unpaired) electrons. The van der Waals surface area contributed by atoms with E-state index in [-0.39, 0.29) is 5.97 Å².